The fourth-order valence-electron chi connectivity index (χ4n) is 3.69. The molecular weight excluding hydrogens is 380 g/mol. The Morgan fingerprint density at radius 2 is 2.00 bits per heavy atom. The Morgan fingerprint density at radius 3 is 2.67 bits per heavy atom. The van der Waals surface area contributed by atoms with Crippen molar-refractivity contribution in [3.63, 3.8) is 0 Å². The Kier molecular flexibility index (Phi) is 6.22. The van der Waals surface area contributed by atoms with Crippen molar-refractivity contribution in [3.05, 3.63) is 57.3 Å². The highest BCUT2D eigenvalue weighted by Crippen LogP contribution is 2.39. The van der Waals surface area contributed by atoms with E-state index in [0.29, 0.717) is 6.54 Å². The number of hydrogen-bond acceptors (Lipinski definition) is 3. The van der Waals surface area contributed by atoms with Crippen molar-refractivity contribution < 1.29 is 9.59 Å². The van der Waals surface area contributed by atoms with Gasteiger partial charge in [-0.25, -0.2) is 0 Å². The Hall–Kier alpha value is -1.85. The van der Waals surface area contributed by atoms with Crippen LogP contribution in [0, 0.1) is 6.92 Å². The Bertz CT molecular complexity index is 833. The molecule has 2 heterocycles. The highest BCUT2D eigenvalue weighted by molar-refractivity contribution is 7.10. The van der Waals surface area contributed by atoms with Crippen LogP contribution in [0.1, 0.15) is 41.5 Å². The van der Waals surface area contributed by atoms with Gasteiger partial charge in [0.15, 0.2) is 0 Å². The van der Waals surface area contributed by atoms with Gasteiger partial charge in [0.2, 0.25) is 11.8 Å². The zero-order valence-corrected chi connectivity index (χ0v) is 17.5. The van der Waals surface area contributed by atoms with E-state index in [2.05, 4.69) is 30.5 Å². The molecule has 1 aliphatic heterocycles. The van der Waals surface area contributed by atoms with Crippen LogP contribution in [-0.2, 0) is 16.0 Å². The highest BCUT2D eigenvalue weighted by atomic mass is 35.5. The molecule has 27 heavy (non-hydrogen) atoms. The van der Waals surface area contributed by atoms with Crippen LogP contribution in [-0.4, -0.2) is 46.6 Å². The second-order valence-electron chi connectivity index (χ2n) is 7.14. The minimum atomic E-state index is -0.208. The highest BCUT2D eigenvalue weighted by Gasteiger charge is 2.34. The van der Waals surface area contributed by atoms with Crippen LogP contribution in [0.3, 0.4) is 0 Å². The van der Waals surface area contributed by atoms with Gasteiger partial charge in [-0.15, -0.1) is 22.9 Å². The zero-order valence-electron chi connectivity index (χ0n) is 15.9. The summed E-state index contributed by atoms with van der Waals surface area (Å²) in [7, 11) is 0. The second kappa shape index (κ2) is 8.44. The number of hydrogen-bond donors (Lipinski definition) is 0. The maximum atomic E-state index is 13.3. The van der Waals surface area contributed by atoms with Gasteiger partial charge < -0.3 is 9.80 Å². The van der Waals surface area contributed by atoms with Crippen molar-refractivity contribution >= 4 is 34.8 Å². The number of thiophene rings is 1. The lowest BCUT2D eigenvalue weighted by molar-refractivity contribution is -0.141. The fraction of sp³-hybridized carbons (Fsp3) is 0.429. The van der Waals surface area contributed by atoms with Crippen molar-refractivity contribution in [3.8, 4) is 0 Å². The monoisotopic (exact) mass is 404 g/mol. The van der Waals surface area contributed by atoms with E-state index in [4.69, 9.17) is 11.6 Å². The van der Waals surface area contributed by atoms with E-state index in [1.165, 1.54) is 10.4 Å². The first-order chi connectivity index (χ1) is 12.9. The summed E-state index contributed by atoms with van der Waals surface area (Å²) in [5.74, 6) is -0.352. The molecule has 144 valence electrons. The molecule has 2 aromatic rings. The predicted molar refractivity (Wildman–Crippen MR) is 110 cm³/mol. The smallest absolute Gasteiger partial charge is 0.243 e. The summed E-state index contributed by atoms with van der Waals surface area (Å²) in [6, 6.07) is 10.2. The zero-order chi connectivity index (χ0) is 19.6. The first-order valence-corrected chi connectivity index (χ1v) is 10.6. The minimum absolute atomic E-state index is 0.0349. The molecule has 1 aromatic carbocycles. The van der Waals surface area contributed by atoms with Crippen molar-refractivity contribution in [2.45, 2.75) is 39.3 Å². The SMILES string of the molecule is Cc1ccccc1C1c2ccsc2CCN1C(=O)CN(C(=O)CCl)C(C)C. The van der Waals surface area contributed by atoms with E-state index in [0.717, 1.165) is 17.5 Å². The molecule has 0 N–H and O–H groups in total. The van der Waals surface area contributed by atoms with E-state index in [1.54, 1.807) is 16.2 Å². The molecule has 1 unspecified atom stereocenters. The molecule has 0 radical (unpaired) electrons. The topological polar surface area (TPSA) is 40.6 Å². The van der Waals surface area contributed by atoms with E-state index in [9.17, 15) is 9.59 Å². The van der Waals surface area contributed by atoms with Gasteiger partial charge in [0.1, 0.15) is 12.4 Å². The number of carbonyl (C=O) groups is 2. The van der Waals surface area contributed by atoms with Crippen molar-refractivity contribution in [2.75, 3.05) is 19.0 Å². The summed E-state index contributed by atoms with van der Waals surface area (Å²) < 4.78 is 0. The summed E-state index contributed by atoms with van der Waals surface area (Å²) in [6.45, 7) is 6.61. The lowest BCUT2D eigenvalue weighted by Gasteiger charge is -2.38. The fourth-order valence-corrected chi connectivity index (χ4v) is 4.74. The largest absolute Gasteiger partial charge is 0.330 e. The van der Waals surface area contributed by atoms with Crippen molar-refractivity contribution in [2.24, 2.45) is 0 Å². The van der Waals surface area contributed by atoms with Gasteiger partial charge in [-0.2, -0.15) is 0 Å². The number of halogens is 1. The average molecular weight is 405 g/mol. The molecule has 4 nitrogen and oxygen atoms in total. The number of fused-ring (bicyclic) bond motifs is 1. The molecule has 0 aliphatic carbocycles. The molecular formula is C21H25ClN2O2S. The Balaban J connectivity index is 1.95. The van der Waals surface area contributed by atoms with Gasteiger partial charge in [-0.1, -0.05) is 24.3 Å². The second-order valence-corrected chi connectivity index (χ2v) is 8.41. The standard InChI is InChI=1S/C21H25ClN2O2S/c1-14(2)24(19(25)12-22)13-20(26)23-10-8-18-17(9-11-27-18)21(23)16-7-5-4-6-15(16)3/h4-7,9,11,14,21H,8,10,12-13H2,1-3H3. The average Bonchev–Trinajstić information content (AvgIpc) is 3.13. The molecule has 0 saturated heterocycles. The van der Waals surface area contributed by atoms with E-state index >= 15 is 0 Å². The Labute approximate surface area is 169 Å². The van der Waals surface area contributed by atoms with Gasteiger partial charge in [-0.05, 0) is 55.3 Å². The third-order valence-corrected chi connectivity index (χ3v) is 6.36. The van der Waals surface area contributed by atoms with Gasteiger partial charge in [0.05, 0.1) is 6.04 Å². The molecule has 2 amide bonds. The van der Waals surface area contributed by atoms with Crippen molar-refractivity contribution in [1.82, 2.24) is 9.80 Å². The summed E-state index contributed by atoms with van der Waals surface area (Å²) in [4.78, 5) is 30.2. The molecule has 1 atom stereocenters. The van der Waals surface area contributed by atoms with Crippen LogP contribution >= 0.6 is 22.9 Å². The van der Waals surface area contributed by atoms with Crippen LogP contribution in [0.15, 0.2) is 35.7 Å². The third-order valence-electron chi connectivity index (χ3n) is 5.13. The minimum Gasteiger partial charge on any atom is -0.330 e. The van der Waals surface area contributed by atoms with E-state index < -0.39 is 0 Å². The molecule has 3 rings (SSSR count). The van der Waals surface area contributed by atoms with Crippen molar-refractivity contribution in [1.29, 1.82) is 0 Å². The van der Waals surface area contributed by atoms with Crippen LogP contribution < -0.4 is 0 Å². The van der Waals surface area contributed by atoms with Crippen LogP contribution in [0.25, 0.3) is 0 Å². The van der Waals surface area contributed by atoms with Crippen LogP contribution in [0.5, 0.6) is 0 Å². The number of carbonyl (C=O) groups excluding carboxylic acids is 2. The number of rotatable bonds is 5. The first kappa shape index (κ1) is 19.9. The predicted octanol–water partition coefficient (Wildman–Crippen LogP) is 4.01. The molecule has 0 bridgehead atoms. The number of aryl methyl sites for hydroxylation is 1. The number of nitrogens with zero attached hydrogens (tertiary/aromatic N) is 2. The summed E-state index contributed by atoms with van der Waals surface area (Å²) >= 11 is 7.49. The van der Waals surface area contributed by atoms with Gasteiger partial charge in [0, 0.05) is 17.5 Å². The maximum absolute atomic E-state index is 13.3. The van der Waals surface area contributed by atoms with Crippen LogP contribution in [0.4, 0.5) is 0 Å². The van der Waals surface area contributed by atoms with E-state index in [1.807, 2.05) is 30.9 Å². The molecule has 6 heteroatoms. The van der Waals surface area contributed by atoms with Gasteiger partial charge in [-0.3, -0.25) is 9.59 Å². The molecule has 1 aliphatic rings. The first-order valence-electron chi connectivity index (χ1n) is 9.20. The van der Waals surface area contributed by atoms with Gasteiger partial charge >= 0.3 is 0 Å². The summed E-state index contributed by atoms with van der Waals surface area (Å²) in [5, 5.41) is 2.10. The summed E-state index contributed by atoms with van der Waals surface area (Å²) in [6.07, 6.45) is 0.853. The van der Waals surface area contributed by atoms with Crippen LogP contribution in [0.2, 0.25) is 0 Å². The lowest BCUT2D eigenvalue weighted by Crippen LogP contribution is -2.49. The molecule has 0 fully saturated rings. The lowest BCUT2D eigenvalue weighted by atomic mass is 9.90. The Morgan fingerprint density at radius 1 is 1.26 bits per heavy atom. The number of alkyl halides is 1. The molecule has 1 aromatic heterocycles. The molecule has 0 spiro atoms. The summed E-state index contributed by atoms with van der Waals surface area (Å²) in [5.41, 5.74) is 3.51. The molecule has 0 saturated carbocycles. The maximum Gasteiger partial charge on any atom is 0.243 e. The normalized spacial score (nSPS) is 16.3. The van der Waals surface area contributed by atoms with Gasteiger partial charge in [0.25, 0.3) is 0 Å². The van der Waals surface area contributed by atoms with E-state index in [-0.39, 0.29) is 36.3 Å². The quantitative estimate of drug-likeness (QED) is 0.706. The third kappa shape index (κ3) is 4.04. The number of amides is 2. The number of benzene rings is 1.